The molecule has 1 fully saturated rings. The molecule has 1 aliphatic heterocycles. The summed E-state index contributed by atoms with van der Waals surface area (Å²) in [5.74, 6) is -0.133. The number of aromatic hydroxyl groups is 1. The molecule has 0 atom stereocenters. The number of amides is 1. The van der Waals surface area contributed by atoms with Gasteiger partial charge in [-0.15, -0.1) is 0 Å². The third kappa shape index (κ3) is 4.20. The van der Waals surface area contributed by atoms with Crippen LogP contribution in [0.15, 0.2) is 35.6 Å². The number of aromatic nitrogens is 3. The van der Waals surface area contributed by atoms with Crippen LogP contribution in [0, 0.1) is 0 Å². The van der Waals surface area contributed by atoms with Gasteiger partial charge in [0.25, 0.3) is 5.91 Å². The molecule has 1 aliphatic rings. The second kappa shape index (κ2) is 8.55. The Hall–Kier alpha value is -3.13. The Morgan fingerprint density at radius 3 is 2.74 bits per heavy atom. The number of carbonyl (C=O) groups is 1. The maximum absolute atomic E-state index is 12.0. The average Bonchev–Trinajstić information content (AvgIpc) is 3.36. The normalized spacial score (nSPS) is 16.4. The minimum absolute atomic E-state index is 0.0405. The highest BCUT2D eigenvalue weighted by Gasteiger charge is 2.23. The molecule has 0 radical (unpaired) electrons. The first-order valence-corrected chi connectivity index (χ1v) is 10.8. The van der Waals surface area contributed by atoms with Crippen molar-refractivity contribution in [3.63, 3.8) is 0 Å². The highest BCUT2D eigenvalue weighted by Crippen LogP contribution is 2.30. The lowest BCUT2D eigenvalue weighted by Crippen LogP contribution is -2.39. The fourth-order valence-corrected chi connectivity index (χ4v) is 4.33. The highest BCUT2D eigenvalue weighted by atomic mass is 16.3. The van der Waals surface area contributed by atoms with E-state index in [1.807, 2.05) is 17.8 Å². The molecule has 31 heavy (non-hydrogen) atoms. The third-order valence-corrected chi connectivity index (χ3v) is 6.12. The van der Waals surface area contributed by atoms with Crippen LogP contribution in [0.1, 0.15) is 55.6 Å². The molecule has 4 rings (SSSR count). The number of hydrogen-bond acceptors (Lipinski definition) is 5. The smallest absolute Gasteiger partial charge is 0.251 e. The summed E-state index contributed by atoms with van der Waals surface area (Å²) < 4.78 is 2.02. The van der Waals surface area contributed by atoms with Crippen LogP contribution in [0.2, 0.25) is 0 Å². The molecular formula is C23H30N6O2. The van der Waals surface area contributed by atoms with Gasteiger partial charge in [0, 0.05) is 42.6 Å². The summed E-state index contributed by atoms with van der Waals surface area (Å²) in [5.41, 5.74) is 3.29. The summed E-state index contributed by atoms with van der Waals surface area (Å²) in [7, 11) is 1.60. The van der Waals surface area contributed by atoms with E-state index in [0.717, 1.165) is 42.5 Å². The van der Waals surface area contributed by atoms with Crippen molar-refractivity contribution in [1.82, 2.24) is 25.0 Å². The summed E-state index contributed by atoms with van der Waals surface area (Å²) in [6, 6.07) is 6.25. The van der Waals surface area contributed by atoms with Crippen molar-refractivity contribution in [2.24, 2.45) is 4.99 Å². The van der Waals surface area contributed by atoms with Crippen molar-refractivity contribution in [3.05, 3.63) is 41.7 Å². The molecule has 2 aromatic heterocycles. The molecule has 8 nitrogen and oxygen atoms in total. The standard InChI is InChI=1S/C23H30N6O2/c1-14(2)28-9-7-18(8-10-28)29-13-17(12-25-29)26-15(3)21-19-11-16(22(30)24-4)5-6-20(19)27-23(21)31/h5-6,11-14,18,27,31H,7-10H2,1-4H3,(H,24,30). The largest absolute Gasteiger partial charge is 0.494 e. The fraction of sp³-hybridized carbons (Fsp3) is 0.435. The first kappa shape index (κ1) is 21.1. The van der Waals surface area contributed by atoms with Gasteiger partial charge in [0.1, 0.15) is 5.69 Å². The van der Waals surface area contributed by atoms with E-state index in [4.69, 9.17) is 4.99 Å². The van der Waals surface area contributed by atoms with Crippen molar-refractivity contribution in [2.75, 3.05) is 20.1 Å². The van der Waals surface area contributed by atoms with Gasteiger partial charge in [-0.3, -0.25) is 9.48 Å². The second-order valence-electron chi connectivity index (χ2n) is 8.42. The number of rotatable bonds is 5. The molecule has 8 heteroatoms. The number of nitrogens with zero attached hydrogens (tertiary/aromatic N) is 4. The summed E-state index contributed by atoms with van der Waals surface area (Å²) in [5, 5.41) is 18.4. The molecule has 164 valence electrons. The lowest BCUT2D eigenvalue weighted by Gasteiger charge is -2.34. The number of H-pyrrole nitrogens is 1. The Morgan fingerprint density at radius 2 is 2.06 bits per heavy atom. The lowest BCUT2D eigenvalue weighted by molar-refractivity contribution is 0.0963. The first-order chi connectivity index (χ1) is 14.9. The summed E-state index contributed by atoms with van der Waals surface area (Å²) in [6.07, 6.45) is 5.89. The number of nitrogens with one attached hydrogen (secondary N) is 2. The minimum Gasteiger partial charge on any atom is -0.494 e. The fourth-order valence-electron chi connectivity index (χ4n) is 4.33. The zero-order valence-corrected chi connectivity index (χ0v) is 18.5. The van der Waals surface area contributed by atoms with Gasteiger partial charge in [0.05, 0.1) is 29.7 Å². The van der Waals surface area contributed by atoms with Gasteiger partial charge in [-0.25, -0.2) is 4.99 Å². The van der Waals surface area contributed by atoms with E-state index in [1.165, 1.54) is 0 Å². The van der Waals surface area contributed by atoms with Crippen LogP contribution in [0.4, 0.5) is 5.69 Å². The summed E-state index contributed by atoms with van der Waals surface area (Å²) in [4.78, 5) is 22.2. The van der Waals surface area contributed by atoms with Crippen molar-refractivity contribution >= 4 is 28.2 Å². The molecule has 0 aliphatic carbocycles. The van der Waals surface area contributed by atoms with E-state index in [1.54, 1.807) is 31.4 Å². The number of aromatic amines is 1. The Bertz CT molecular complexity index is 1120. The van der Waals surface area contributed by atoms with Gasteiger partial charge in [0.2, 0.25) is 0 Å². The molecule has 3 N–H and O–H groups in total. The Labute approximate surface area is 182 Å². The highest BCUT2D eigenvalue weighted by molar-refractivity contribution is 6.13. The van der Waals surface area contributed by atoms with Gasteiger partial charge < -0.3 is 20.3 Å². The van der Waals surface area contributed by atoms with Gasteiger partial charge in [0.15, 0.2) is 5.88 Å². The molecule has 1 saturated heterocycles. The quantitative estimate of drug-likeness (QED) is 0.547. The SMILES string of the molecule is CNC(=O)c1ccc2[nH]c(O)c(C(C)=Nc3cnn(C4CCN(C(C)C)CC4)c3)c2c1. The zero-order chi connectivity index (χ0) is 22.1. The molecule has 0 spiro atoms. The van der Waals surface area contributed by atoms with Crippen LogP contribution in [0.3, 0.4) is 0 Å². The van der Waals surface area contributed by atoms with E-state index >= 15 is 0 Å². The molecule has 0 saturated carbocycles. The Morgan fingerprint density at radius 1 is 1.32 bits per heavy atom. The first-order valence-electron chi connectivity index (χ1n) is 10.8. The number of piperidine rings is 1. The van der Waals surface area contributed by atoms with Gasteiger partial charge in [-0.05, 0) is 51.8 Å². The van der Waals surface area contributed by atoms with Crippen LogP contribution < -0.4 is 5.32 Å². The summed E-state index contributed by atoms with van der Waals surface area (Å²) in [6.45, 7) is 8.49. The van der Waals surface area contributed by atoms with E-state index < -0.39 is 0 Å². The third-order valence-electron chi connectivity index (χ3n) is 6.12. The van der Waals surface area contributed by atoms with Crippen LogP contribution in [0.5, 0.6) is 5.88 Å². The van der Waals surface area contributed by atoms with Crippen LogP contribution in [0.25, 0.3) is 10.9 Å². The molecular weight excluding hydrogens is 392 g/mol. The Kier molecular flexibility index (Phi) is 5.82. The monoisotopic (exact) mass is 422 g/mol. The number of hydrogen-bond donors (Lipinski definition) is 3. The number of benzene rings is 1. The predicted octanol–water partition coefficient (Wildman–Crippen LogP) is 3.62. The maximum atomic E-state index is 12.0. The summed E-state index contributed by atoms with van der Waals surface area (Å²) >= 11 is 0. The van der Waals surface area contributed by atoms with Gasteiger partial charge >= 0.3 is 0 Å². The van der Waals surface area contributed by atoms with E-state index in [2.05, 4.69) is 34.1 Å². The van der Waals surface area contributed by atoms with Crippen molar-refractivity contribution in [3.8, 4) is 5.88 Å². The zero-order valence-electron chi connectivity index (χ0n) is 18.5. The van der Waals surface area contributed by atoms with E-state index in [9.17, 15) is 9.90 Å². The Balaban J connectivity index is 1.58. The second-order valence-corrected chi connectivity index (χ2v) is 8.42. The van der Waals surface area contributed by atoms with E-state index in [-0.39, 0.29) is 11.8 Å². The van der Waals surface area contributed by atoms with Gasteiger partial charge in [-0.1, -0.05) is 0 Å². The number of likely N-dealkylation sites (tertiary alicyclic amines) is 1. The molecule has 3 heterocycles. The average molecular weight is 423 g/mol. The number of carbonyl (C=O) groups excluding carboxylic acids is 1. The van der Waals surface area contributed by atoms with Crippen LogP contribution in [-0.2, 0) is 0 Å². The maximum Gasteiger partial charge on any atom is 0.251 e. The van der Waals surface area contributed by atoms with Crippen LogP contribution in [-0.4, -0.2) is 62.6 Å². The predicted molar refractivity (Wildman–Crippen MR) is 122 cm³/mol. The molecule has 3 aromatic rings. The van der Waals surface area contributed by atoms with Crippen molar-refractivity contribution in [1.29, 1.82) is 0 Å². The molecule has 0 unspecified atom stereocenters. The lowest BCUT2D eigenvalue weighted by atomic mass is 10.0. The molecule has 1 amide bonds. The van der Waals surface area contributed by atoms with Gasteiger partial charge in [-0.2, -0.15) is 5.10 Å². The number of aliphatic imine (C=N–C) groups is 1. The molecule has 1 aromatic carbocycles. The molecule has 0 bridgehead atoms. The van der Waals surface area contributed by atoms with Crippen molar-refractivity contribution < 1.29 is 9.90 Å². The minimum atomic E-state index is -0.173. The van der Waals surface area contributed by atoms with Crippen LogP contribution >= 0.6 is 0 Å². The number of fused-ring (bicyclic) bond motifs is 1. The van der Waals surface area contributed by atoms with E-state index in [0.29, 0.717) is 28.9 Å². The topological polar surface area (TPSA) is 98.5 Å². The van der Waals surface area contributed by atoms with Crippen molar-refractivity contribution in [2.45, 2.75) is 45.7 Å².